The van der Waals surface area contributed by atoms with Crippen LogP contribution < -0.4 is 10.6 Å². The Morgan fingerprint density at radius 2 is 1.58 bits per heavy atom. The molecule has 2 rings (SSSR count). The Labute approximate surface area is 146 Å². The fraction of sp³-hybridized carbons (Fsp3) is 0.118. The molecule has 0 aromatic heterocycles. The molecule has 2 aromatic rings. The second-order valence-electron chi connectivity index (χ2n) is 5.02. The van der Waals surface area contributed by atoms with Crippen molar-refractivity contribution in [2.45, 2.75) is 6.18 Å². The number of amides is 2. The second-order valence-corrected chi connectivity index (χ2v) is 5.02. The maximum atomic E-state index is 12.7. The molecule has 0 fully saturated rings. The summed E-state index contributed by atoms with van der Waals surface area (Å²) in [6.07, 6.45) is -4.58. The normalized spacial score (nSPS) is 10.8. The van der Waals surface area contributed by atoms with Gasteiger partial charge in [-0.25, -0.2) is 4.79 Å². The van der Waals surface area contributed by atoms with Gasteiger partial charge in [0.1, 0.15) is 0 Å². The largest absolute Gasteiger partial charge is 0.465 e. The fourth-order valence-corrected chi connectivity index (χ4v) is 2.02. The van der Waals surface area contributed by atoms with Gasteiger partial charge in [-0.2, -0.15) is 13.2 Å². The Bertz CT molecular complexity index is 850. The van der Waals surface area contributed by atoms with E-state index < -0.39 is 29.5 Å². The lowest BCUT2D eigenvalue weighted by Crippen LogP contribution is -2.29. The van der Waals surface area contributed by atoms with Crippen LogP contribution in [0.25, 0.3) is 0 Å². The van der Waals surface area contributed by atoms with Crippen LogP contribution in [0, 0.1) is 0 Å². The van der Waals surface area contributed by atoms with Gasteiger partial charge < -0.3 is 15.4 Å². The van der Waals surface area contributed by atoms with Crippen molar-refractivity contribution in [3.63, 3.8) is 0 Å². The molecule has 0 radical (unpaired) electrons. The number of benzene rings is 2. The Morgan fingerprint density at radius 1 is 0.923 bits per heavy atom. The molecule has 0 spiro atoms. The highest BCUT2D eigenvalue weighted by molar-refractivity contribution is 6.43. The van der Waals surface area contributed by atoms with Crippen LogP contribution >= 0.6 is 0 Å². The van der Waals surface area contributed by atoms with E-state index in [4.69, 9.17) is 0 Å². The summed E-state index contributed by atoms with van der Waals surface area (Å²) in [7, 11) is 1.15. The average Bonchev–Trinajstić information content (AvgIpc) is 2.61. The smallest absolute Gasteiger partial charge is 0.416 e. The number of alkyl halides is 3. The zero-order valence-electron chi connectivity index (χ0n) is 13.4. The SMILES string of the molecule is COC(=O)c1ccccc1NC(=O)C(=O)Nc1cccc(C(F)(F)F)c1. The van der Waals surface area contributed by atoms with Gasteiger partial charge in [-0.3, -0.25) is 9.59 Å². The number of para-hydroxylation sites is 1. The number of carbonyl (C=O) groups excluding carboxylic acids is 3. The molecule has 0 aliphatic heterocycles. The summed E-state index contributed by atoms with van der Waals surface area (Å²) in [5.74, 6) is -3.07. The molecule has 0 bridgehead atoms. The number of hydrogen-bond acceptors (Lipinski definition) is 4. The van der Waals surface area contributed by atoms with Gasteiger partial charge in [0.2, 0.25) is 0 Å². The van der Waals surface area contributed by atoms with Crippen LogP contribution in [0.4, 0.5) is 24.5 Å². The van der Waals surface area contributed by atoms with Crippen molar-refractivity contribution in [1.29, 1.82) is 0 Å². The summed E-state index contributed by atoms with van der Waals surface area (Å²) in [6, 6.07) is 9.66. The van der Waals surface area contributed by atoms with Crippen molar-refractivity contribution in [1.82, 2.24) is 0 Å². The number of carbonyl (C=O) groups is 3. The number of ether oxygens (including phenoxy) is 1. The van der Waals surface area contributed by atoms with Gasteiger partial charge in [0.25, 0.3) is 0 Å². The molecule has 0 saturated heterocycles. The van der Waals surface area contributed by atoms with Gasteiger partial charge in [-0.15, -0.1) is 0 Å². The first-order chi connectivity index (χ1) is 12.2. The molecule has 2 aromatic carbocycles. The zero-order chi connectivity index (χ0) is 19.3. The zero-order valence-corrected chi connectivity index (χ0v) is 13.4. The van der Waals surface area contributed by atoms with E-state index in [2.05, 4.69) is 15.4 Å². The molecule has 0 saturated carbocycles. The van der Waals surface area contributed by atoms with Crippen molar-refractivity contribution in [2.75, 3.05) is 17.7 Å². The lowest BCUT2D eigenvalue weighted by atomic mass is 10.1. The highest BCUT2D eigenvalue weighted by Crippen LogP contribution is 2.30. The van der Waals surface area contributed by atoms with E-state index in [1.54, 1.807) is 0 Å². The van der Waals surface area contributed by atoms with Crippen LogP contribution in [0.1, 0.15) is 15.9 Å². The second kappa shape index (κ2) is 7.68. The third-order valence-corrected chi connectivity index (χ3v) is 3.23. The van der Waals surface area contributed by atoms with E-state index in [1.165, 1.54) is 30.3 Å². The summed E-state index contributed by atoms with van der Waals surface area (Å²) < 4.78 is 42.6. The predicted octanol–water partition coefficient (Wildman–Crippen LogP) is 3.07. The summed E-state index contributed by atoms with van der Waals surface area (Å²) >= 11 is 0. The highest BCUT2D eigenvalue weighted by atomic mass is 19.4. The molecule has 0 aliphatic rings. The quantitative estimate of drug-likeness (QED) is 0.646. The lowest BCUT2D eigenvalue weighted by molar-refractivity contribution is -0.137. The molecule has 136 valence electrons. The minimum Gasteiger partial charge on any atom is -0.465 e. The highest BCUT2D eigenvalue weighted by Gasteiger charge is 2.30. The first-order valence-electron chi connectivity index (χ1n) is 7.19. The van der Waals surface area contributed by atoms with Gasteiger partial charge in [-0.05, 0) is 30.3 Å². The van der Waals surface area contributed by atoms with Gasteiger partial charge in [0.15, 0.2) is 0 Å². The lowest BCUT2D eigenvalue weighted by Gasteiger charge is -2.11. The third-order valence-electron chi connectivity index (χ3n) is 3.23. The van der Waals surface area contributed by atoms with E-state index in [9.17, 15) is 27.6 Å². The Balaban J connectivity index is 2.12. The van der Waals surface area contributed by atoms with Crippen molar-refractivity contribution in [3.8, 4) is 0 Å². The first-order valence-corrected chi connectivity index (χ1v) is 7.19. The minimum absolute atomic E-state index is 0.0234. The summed E-state index contributed by atoms with van der Waals surface area (Å²) in [5, 5.41) is 4.29. The molecule has 0 heterocycles. The Morgan fingerprint density at radius 3 is 2.23 bits per heavy atom. The molecule has 26 heavy (non-hydrogen) atoms. The molecular formula is C17H13F3N2O4. The number of rotatable bonds is 3. The molecule has 0 atom stereocenters. The van der Waals surface area contributed by atoms with E-state index >= 15 is 0 Å². The summed E-state index contributed by atoms with van der Waals surface area (Å²) in [5.41, 5.74) is -1.10. The van der Waals surface area contributed by atoms with Crippen LogP contribution in [0.3, 0.4) is 0 Å². The maximum absolute atomic E-state index is 12.7. The van der Waals surface area contributed by atoms with Crippen LogP contribution in [0.2, 0.25) is 0 Å². The molecule has 9 heteroatoms. The molecule has 2 amide bonds. The first kappa shape index (κ1) is 19.0. The monoisotopic (exact) mass is 366 g/mol. The number of anilines is 2. The van der Waals surface area contributed by atoms with Crippen molar-refractivity contribution in [2.24, 2.45) is 0 Å². The van der Waals surface area contributed by atoms with E-state index in [0.717, 1.165) is 19.2 Å². The van der Waals surface area contributed by atoms with Crippen molar-refractivity contribution >= 4 is 29.2 Å². The van der Waals surface area contributed by atoms with Gasteiger partial charge in [0, 0.05) is 5.69 Å². The topological polar surface area (TPSA) is 84.5 Å². The minimum atomic E-state index is -4.58. The fourth-order valence-electron chi connectivity index (χ4n) is 2.02. The summed E-state index contributed by atoms with van der Waals surface area (Å²) in [4.78, 5) is 35.5. The Kier molecular flexibility index (Phi) is 5.61. The predicted molar refractivity (Wildman–Crippen MR) is 86.5 cm³/mol. The van der Waals surface area contributed by atoms with Crippen LogP contribution in [-0.4, -0.2) is 24.9 Å². The number of hydrogen-bond donors (Lipinski definition) is 2. The summed E-state index contributed by atoms with van der Waals surface area (Å²) in [6.45, 7) is 0. The standard InChI is InChI=1S/C17H13F3N2O4/c1-26-16(25)12-7-2-3-8-13(12)22-15(24)14(23)21-11-6-4-5-10(9-11)17(18,19)20/h2-9H,1H3,(H,21,23)(H,22,24). The maximum Gasteiger partial charge on any atom is 0.416 e. The molecular weight excluding hydrogens is 353 g/mol. The van der Waals surface area contributed by atoms with Crippen molar-refractivity contribution < 1.29 is 32.3 Å². The van der Waals surface area contributed by atoms with Crippen molar-refractivity contribution in [3.05, 3.63) is 59.7 Å². The molecule has 2 N–H and O–H groups in total. The Hall–Kier alpha value is -3.36. The van der Waals surface area contributed by atoms with Crippen LogP contribution in [-0.2, 0) is 20.5 Å². The number of nitrogens with one attached hydrogen (secondary N) is 2. The molecule has 0 unspecified atom stereocenters. The van der Waals surface area contributed by atoms with Gasteiger partial charge >= 0.3 is 24.0 Å². The molecule has 0 aliphatic carbocycles. The number of halogens is 3. The average molecular weight is 366 g/mol. The number of esters is 1. The van der Waals surface area contributed by atoms with E-state index in [-0.39, 0.29) is 16.9 Å². The number of methoxy groups -OCH3 is 1. The van der Waals surface area contributed by atoms with E-state index in [0.29, 0.717) is 6.07 Å². The molecule has 6 nitrogen and oxygen atoms in total. The van der Waals surface area contributed by atoms with Crippen LogP contribution in [0.15, 0.2) is 48.5 Å². The van der Waals surface area contributed by atoms with Gasteiger partial charge in [-0.1, -0.05) is 18.2 Å². The third kappa shape index (κ3) is 4.59. The van der Waals surface area contributed by atoms with Crippen LogP contribution in [0.5, 0.6) is 0 Å². The van der Waals surface area contributed by atoms with Gasteiger partial charge in [0.05, 0.1) is 23.9 Å². The van der Waals surface area contributed by atoms with E-state index in [1.807, 2.05) is 0 Å².